The Morgan fingerprint density at radius 3 is 1.01 bits per heavy atom. The molecule has 100 heavy (non-hydrogen) atoms. The van der Waals surface area contributed by atoms with E-state index in [1.54, 1.807) is 0 Å². The van der Waals surface area contributed by atoms with Crippen LogP contribution >= 0.6 is 0 Å². The molecule has 10 aromatic carbocycles. The van der Waals surface area contributed by atoms with Crippen molar-refractivity contribution < 1.29 is 0 Å². The van der Waals surface area contributed by atoms with Crippen molar-refractivity contribution in [3.8, 4) is 0 Å². The van der Waals surface area contributed by atoms with Gasteiger partial charge in [-0.2, -0.15) is 0 Å². The first-order valence-corrected chi connectivity index (χ1v) is 38.3. The Hall–Kier alpha value is -9.04. The van der Waals surface area contributed by atoms with Crippen molar-refractivity contribution in [3.05, 3.63) is 155 Å². The van der Waals surface area contributed by atoms with E-state index in [4.69, 9.17) is 0 Å². The Morgan fingerprint density at radius 2 is 0.630 bits per heavy atom. The van der Waals surface area contributed by atoms with Gasteiger partial charge in [0.05, 0.1) is 43.6 Å². The number of hydrogen-bond donors (Lipinski definition) is 0. The largest absolute Gasteiger partial charge is 0.340 e. The Kier molecular flexibility index (Phi) is 15.3. The summed E-state index contributed by atoms with van der Waals surface area (Å²) in [6, 6.07) is 19.2. The van der Waals surface area contributed by atoms with Crippen molar-refractivity contribution in [2.24, 2.45) is 5.92 Å². The molecule has 14 nitrogen and oxygen atoms in total. The van der Waals surface area contributed by atoms with E-state index in [-0.39, 0.29) is 80.5 Å². The number of fused-ring (bicyclic) bond motifs is 2. The van der Waals surface area contributed by atoms with Crippen LogP contribution in [0.25, 0.3) is 151 Å². The third-order valence-electron chi connectivity index (χ3n) is 25.4. The van der Waals surface area contributed by atoms with Gasteiger partial charge in [-0.05, 0) is 183 Å². The van der Waals surface area contributed by atoms with Crippen molar-refractivity contribution in [2.45, 2.75) is 241 Å². The summed E-state index contributed by atoms with van der Waals surface area (Å²) in [5.74, 6) is -0.0522. The molecule has 512 valence electrons. The van der Waals surface area contributed by atoms with Crippen LogP contribution in [0.5, 0.6) is 0 Å². The van der Waals surface area contributed by atoms with Crippen LogP contribution in [-0.2, 0) is 19.5 Å². The highest BCUT2D eigenvalue weighted by molar-refractivity contribution is 6.48. The number of aromatic nitrogens is 6. The van der Waals surface area contributed by atoms with Gasteiger partial charge in [-0.25, -0.2) is 0 Å². The second kappa shape index (κ2) is 23.8. The minimum atomic E-state index is -0.322. The van der Waals surface area contributed by atoms with Crippen molar-refractivity contribution in [1.29, 1.82) is 0 Å². The predicted molar refractivity (Wildman–Crippen MR) is 416 cm³/mol. The zero-order chi connectivity index (χ0) is 69.5. The van der Waals surface area contributed by atoms with Gasteiger partial charge in [0.2, 0.25) is 0 Å². The molecule has 0 radical (unpaired) electrons. The number of nitrogens with zero attached hydrogens (tertiary/aromatic N) is 6. The average molecular weight is 1340 g/mol. The number of hydrogen-bond acceptors (Lipinski definition) is 8. The van der Waals surface area contributed by atoms with Crippen molar-refractivity contribution in [2.75, 3.05) is 0 Å². The Bertz CT molecular complexity index is 6490. The monoisotopic (exact) mass is 1330 g/mol. The summed E-state index contributed by atoms with van der Waals surface area (Å²) in [7, 11) is 0. The summed E-state index contributed by atoms with van der Waals surface area (Å²) in [4.78, 5) is 123. The Balaban J connectivity index is 0.947. The molecule has 1 aliphatic rings. The molecule has 0 N–H and O–H groups in total. The molecule has 2 unspecified atom stereocenters. The molecule has 2 atom stereocenters. The van der Waals surface area contributed by atoms with E-state index in [1.165, 1.54) is 18.3 Å². The first kappa shape index (κ1) is 64.3. The minimum Gasteiger partial charge on any atom is -0.340 e. The van der Waals surface area contributed by atoms with Gasteiger partial charge >= 0.3 is 0 Å². The van der Waals surface area contributed by atoms with Crippen LogP contribution in [0.1, 0.15) is 232 Å². The Labute approximate surface area is 577 Å². The van der Waals surface area contributed by atoms with E-state index in [0.717, 1.165) is 162 Å². The molecule has 0 aliphatic heterocycles. The fourth-order valence-electron chi connectivity index (χ4n) is 20.5. The summed E-state index contributed by atoms with van der Waals surface area (Å²) in [6.07, 6.45) is 15.8. The van der Waals surface area contributed by atoms with Crippen LogP contribution in [-0.4, -0.2) is 27.4 Å². The van der Waals surface area contributed by atoms with E-state index >= 15 is 38.4 Å². The highest BCUT2D eigenvalue weighted by Gasteiger charge is 2.37. The lowest BCUT2D eigenvalue weighted by atomic mass is 9.80. The summed E-state index contributed by atoms with van der Waals surface area (Å²) in [5, 5.41) is 17.8. The molecular weight excluding hydrogens is 1240 g/mol. The van der Waals surface area contributed by atoms with Gasteiger partial charge < -0.3 is 9.13 Å². The number of unbranched alkanes of at least 4 members (excludes halogenated alkanes) is 6. The lowest BCUT2D eigenvalue weighted by Gasteiger charge is -2.24. The van der Waals surface area contributed by atoms with Gasteiger partial charge in [-0.1, -0.05) is 120 Å². The number of aryl methyl sites for hydroxylation is 2. The molecule has 6 aromatic heterocycles. The lowest BCUT2D eigenvalue weighted by Crippen LogP contribution is -2.36. The maximum absolute atomic E-state index is 15.8. The molecule has 16 aromatic rings. The molecule has 1 saturated carbocycles. The molecule has 14 heteroatoms. The smallest absolute Gasteiger partial charge is 0.261 e. The Morgan fingerprint density at radius 1 is 0.310 bits per heavy atom. The SMILES string of the molecule is CCCCCCn1c2cc3c(=O)n(C(CC)CC)c(=O)c4ccc5c6c(CC7CCC(c8cc9c(=O)n(C(CC)CC)c(=O)c%10cc%11c%12c(c8c8ccc%13c(=O)n(C(CC)CC)c(=O)c%14cc(c%12c8c%13%14)n%11CCCCCC)c9%10)C7)cc7c(=O)n(C(CC)CC)c(=O)c8cc1c(c6c78)c2c5c43. The van der Waals surface area contributed by atoms with Crippen molar-refractivity contribution in [3.63, 3.8) is 0 Å². The quantitative estimate of drug-likeness (QED) is 0.0310. The van der Waals surface area contributed by atoms with Gasteiger partial charge in [-0.15, -0.1) is 0 Å². The highest BCUT2D eigenvalue weighted by Crippen LogP contribution is 2.56. The highest BCUT2D eigenvalue weighted by atomic mass is 16.2. The van der Waals surface area contributed by atoms with Gasteiger partial charge in [0.25, 0.3) is 44.5 Å². The van der Waals surface area contributed by atoms with Crippen LogP contribution in [0.3, 0.4) is 0 Å². The van der Waals surface area contributed by atoms with E-state index in [9.17, 15) is 0 Å². The molecule has 0 amide bonds. The molecule has 6 heterocycles. The van der Waals surface area contributed by atoms with Gasteiger partial charge in [-0.3, -0.25) is 56.6 Å². The van der Waals surface area contributed by atoms with Crippen LogP contribution < -0.4 is 44.5 Å². The van der Waals surface area contributed by atoms with E-state index in [0.29, 0.717) is 142 Å². The summed E-state index contributed by atoms with van der Waals surface area (Å²) in [6.45, 7) is 22.0. The van der Waals surface area contributed by atoms with Crippen molar-refractivity contribution in [1.82, 2.24) is 27.4 Å². The summed E-state index contributed by atoms with van der Waals surface area (Å²) >= 11 is 0. The molecule has 0 bridgehead atoms. The first-order chi connectivity index (χ1) is 48.6. The predicted octanol–water partition coefficient (Wildman–Crippen LogP) is 18.8. The summed E-state index contributed by atoms with van der Waals surface area (Å²) < 4.78 is 10.8. The number of benzene rings is 10. The van der Waals surface area contributed by atoms with Gasteiger partial charge in [0.1, 0.15) is 0 Å². The van der Waals surface area contributed by atoms with Gasteiger partial charge in [0.15, 0.2) is 0 Å². The average Bonchev–Trinajstić information content (AvgIpc) is 1.40. The van der Waals surface area contributed by atoms with E-state index in [2.05, 4.69) is 47.2 Å². The number of pyridine rings is 4. The normalized spacial score (nSPS) is 15.4. The zero-order valence-electron chi connectivity index (χ0n) is 59.7. The van der Waals surface area contributed by atoms with Crippen molar-refractivity contribution >= 4 is 151 Å². The third-order valence-corrected chi connectivity index (χ3v) is 25.4. The molecule has 1 fully saturated rings. The van der Waals surface area contributed by atoms with Crippen LogP contribution in [0, 0.1) is 5.92 Å². The lowest BCUT2D eigenvalue weighted by molar-refractivity contribution is 0.451. The fourth-order valence-corrected chi connectivity index (χ4v) is 20.5. The van der Waals surface area contributed by atoms with E-state index < -0.39 is 0 Å². The van der Waals surface area contributed by atoms with Crippen LogP contribution in [0.15, 0.2) is 99.0 Å². The van der Waals surface area contributed by atoms with Gasteiger partial charge in [0, 0.05) is 123 Å². The minimum absolute atomic E-state index is 0.0444. The second-order valence-corrected chi connectivity index (χ2v) is 30.2. The van der Waals surface area contributed by atoms with Crippen LogP contribution in [0.4, 0.5) is 0 Å². The summed E-state index contributed by atoms with van der Waals surface area (Å²) in [5.41, 5.74) is 3.29. The topological polar surface area (TPSA) is 166 Å². The van der Waals surface area contributed by atoms with Crippen LogP contribution in [0.2, 0.25) is 0 Å². The van der Waals surface area contributed by atoms with E-state index in [1.807, 2.05) is 91.8 Å². The molecule has 0 saturated heterocycles. The molecule has 0 spiro atoms. The maximum atomic E-state index is 15.8. The molecule has 17 rings (SSSR count). The first-order valence-electron chi connectivity index (χ1n) is 38.3. The fraction of sp³-hybridized carbons (Fsp3) is 0.442. The number of rotatable bonds is 25. The molecule has 1 aliphatic carbocycles. The third kappa shape index (κ3) is 8.42. The maximum Gasteiger partial charge on any atom is 0.261 e. The second-order valence-electron chi connectivity index (χ2n) is 30.2. The molecular formula is C86H90N6O8. The standard InChI is InChI=1S/C86H90N6O8/c1-11-21-23-25-33-87-61-39-57-67-52(79(93)89(83(57)97)46(13-3)14-4)31-29-50-65-45(37-55-69-59(85(99)91(81(55)95)48(17-7)18-8)41-63(87)75(77(65)69)73(61)71(50)67)36-43-27-28-44(35-43)54-38-56-70-60(86(100)92(82(56)96)49(19-9)20-10)42-64-76-74-62(88(64)34-26-24-22-12-2)40-58-68-53(32-30-51(72(68)74)66(54)78(70)76)80(94)90(84(58)98)47(15-5)16-6/h29-32,37-44,46-49H,11-28,33-36H2,1-10H3. The zero-order valence-corrected chi connectivity index (χ0v) is 59.7.